The summed E-state index contributed by atoms with van der Waals surface area (Å²) in [7, 11) is 0. The van der Waals surface area contributed by atoms with Crippen molar-refractivity contribution in [2.75, 3.05) is 19.8 Å². The van der Waals surface area contributed by atoms with Crippen molar-refractivity contribution in [2.24, 2.45) is 5.92 Å². The highest BCUT2D eigenvalue weighted by molar-refractivity contribution is 4.83. The van der Waals surface area contributed by atoms with Crippen molar-refractivity contribution in [2.45, 2.75) is 18.3 Å². The third-order valence-electron chi connectivity index (χ3n) is 2.27. The Balaban J connectivity index is 2.49. The van der Waals surface area contributed by atoms with Gasteiger partial charge in [-0.1, -0.05) is 0 Å². The van der Waals surface area contributed by atoms with Crippen LogP contribution in [0, 0.1) is 12.7 Å². The highest BCUT2D eigenvalue weighted by Crippen LogP contribution is 2.19. The summed E-state index contributed by atoms with van der Waals surface area (Å²) >= 11 is 0. The van der Waals surface area contributed by atoms with Crippen LogP contribution in [0.4, 0.5) is 0 Å². The van der Waals surface area contributed by atoms with Crippen LogP contribution in [0.3, 0.4) is 0 Å². The summed E-state index contributed by atoms with van der Waals surface area (Å²) in [5.41, 5.74) is 0. The fourth-order valence-electron chi connectivity index (χ4n) is 1.33. The molecule has 1 aliphatic heterocycles. The molecule has 0 bridgehead atoms. The molecule has 0 amide bonds. The van der Waals surface area contributed by atoms with Crippen molar-refractivity contribution in [3.8, 4) is 0 Å². The third-order valence-corrected chi connectivity index (χ3v) is 2.27. The zero-order valence-corrected chi connectivity index (χ0v) is 7.61. The van der Waals surface area contributed by atoms with Crippen molar-refractivity contribution >= 4 is 0 Å². The van der Waals surface area contributed by atoms with Gasteiger partial charge in [-0.05, 0) is 0 Å². The first-order valence-corrected chi connectivity index (χ1v) is 4.37. The van der Waals surface area contributed by atoms with Gasteiger partial charge in [-0.25, -0.2) is 0 Å². The number of hydrogen-bond donors (Lipinski definition) is 4. The van der Waals surface area contributed by atoms with Gasteiger partial charge in [-0.3, -0.25) is 0 Å². The lowest BCUT2D eigenvalue weighted by Crippen LogP contribution is -2.44. The first-order chi connectivity index (χ1) is 6.70. The van der Waals surface area contributed by atoms with Crippen LogP contribution in [0.2, 0.25) is 0 Å². The first kappa shape index (κ1) is 11.8. The lowest BCUT2D eigenvalue weighted by Gasteiger charge is -2.27. The van der Waals surface area contributed by atoms with E-state index in [1.807, 2.05) is 0 Å². The number of rotatable bonds is 5. The molecule has 1 heterocycles. The maximum atomic E-state index is 9.65. The maximum Gasteiger partial charge on any atom is 0.209 e. The van der Waals surface area contributed by atoms with E-state index in [0.717, 1.165) is 6.79 Å². The Bertz CT molecular complexity index is 158. The van der Waals surface area contributed by atoms with Crippen LogP contribution in [0.15, 0.2) is 0 Å². The van der Waals surface area contributed by atoms with Gasteiger partial charge < -0.3 is 29.9 Å². The van der Waals surface area contributed by atoms with Crippen molar-refractivity contribution in [3.05, 3.63) is 6.79 Å². The van der Waals surface area contributed by atoms with E-state index in [4.69, 9.17) is 19.7 Å². The molecule has 1 aliphatic rings. The van der Waals surface area contributed by atoms with Crippen molar-refractivity contribution in [1.82, 2.24) is 0 Å². The maximum absolute atomic E-state index is 9.65. The van der Waals surface area contributed by atoms with Gasteiger partial charge in [-0.15, -0.1) is 0 Å². The fraction of sp³-hybridized carbons (Fsp3) is 0.875. The second kappa shape index (κ2) is 5.59. The number of ether oxygens (including phenoxy) is 2. The molecule has 4 N–H and O–H groups in total. The lowest BCUT2D eigenvalue weighted by molar-refractivity contribution is -0.0818. The van der Waals surface area contributed by atoms with Gasteiger partial charge in [0.1, 0.15) is 6.10 Å². The second-order valence-electron chi connectivity index (χ2n) is 3.19. The van der Waals surface area contributed by atoms with E-state index < -0.39 is 37.4 Å². The van der Waals surface area contributed by atoms with Crippen LogP contribution in [0.5, 0.6) is 0 Å². The van der Waals surface area contributed by atoms with E-state index in [1.165, 1.54) is 0 Å². The van der Waals surface area contributed by atoms with E-state index in [1.54, 1.807) is 0 Å². The average molecular weight is 207 g/mol. The van der Waals surface area contributed by atoms with E-state index in [-0.39, 0.29) is 6.61 Å². The molecular formula is C8H15O6. The largest absolute Gasteiger partial charge is 0.396 e. The Morgan fingerprint density at radius 1 is 1.29 bits per heavy atom. The van der Waals surface area contributed by atoms with Crippen LogP contribution >= 0.6 is 0 Å². The van der Waals surface area contributed by atoms with Crippen LogP contribution in [0.25, 0.3) is 0 Å². The molecule has 4 unspecified atom stereocenters. The van der Waals surface area contributed by atoms with E-state index in [9.17, 15) is 10.2 Å². The predicted molar refractivity (Wildman–Crippen MR) is 44.8 cm³/mol. The molecule has 4 atom stereocenters. The summed E-state index contributed by atoms with van der Waals surface area (Å²) in [6.45, 7) is 0.339. The molecule has 1 saturated heterocycles. The molecule has 6 heteroatoms. The number of aliphatic hydroxyl groups is 4. The summed E-state index contributed by atoms with van der Waals surface area (Å²) in [6.07, 6.45) is -2.84. The summed E-state index contributed by atoms with van der Waals surface area (Å²) in [5.74, 6) is -0.833. The summed E-state index contributed by atoms with van der Waals surface area (Å²) < 4.78 is 9.64. The summed E-state index contributed by atoms with van der Waals surface area (Å²) in [5, 5.41) is 36.5. The van der Waals surface area contributed by atoms with Crippen LogP contribution in [0.1, 0.15) is 0 Å². The Labute approximate surface area is 81.7 Å². The monoisotopic (exact) mass is 207 g/mol. The van der Waals surface area contributed by atoms with Crippen molar-refractivity contribution < 1.29 is 29.9 Å². The molecule has 0 aliphatic carbocycles. The molecule has 0 aromatic carbocycles. The lowest BCUT2D eigenvalue weighted by atomic mass is 9.93. The Kier molecular flexibility index (Phi) is 4.73. The smallest absolute Gasteiger partial charge is 0.209 e. The van der Waals surface area contributed by atoms with Gasteiger partial charge in [0.25, 0.3) is 0 Å². The Hall–Kier alpha value is -0.240. The quantitative estimate of drug-likeness (QED) is 0.410. The van der Waals surface area contributed by atoms with Gasteiger partial charge >= 0.3 is 0 Å². The summed E-state index contributed by atoms with van der Waals surface area (Å²) in [6, 6.07) is 0. The molecule has 1 rings (SSSR count). The third kappa shape index (κ3) is 2.63. The molecule has 1 radical (unpaired) electrons. The van der Waals surface area contributed by atoms with Crippen LogP contribution in [-0.2, 0) is 9.47 Å². The molecule has 0 aromatic heterocycles. The minimum Gasteiger partial charge on any atom is -0.396 e. The second-order valence-corrected chi connectivity index (χ2v) is 3.19. The standard InChI is InChI=1S/C8H15O6/c9-1-5(6(11)2-10)8(12)7-3-13-4-14-7/h4-12H,1-3H2. The zero-order chi connectivity index (χ0) is 10.6. The Morgan fingerprint density at radius 2 is 2.00 bits per heavy atom. The molecule has 0 aromatic rings. The highest BCUT2D eigenvalue weighted by atomic mass is 16.7. The van der Waals surface area contributed by atoms with E-state index in [0.29, 0.717) is 0 Å². The van der Waals surface area contributed by atoms with Crippen LogP contribution in [-0.4, -0.2) is 58.6 Å². The first-order valence-electron chi connectivity index (χ1n) is 4.37. The van der Waals surface area contributed by atoms with E-state index >= 15 is 0 Å². The molecule has 0 spiro atoms. The van der Waals surface area contributed by atoms with E-state index in [2.05, 4.69) is 0 Å². The van der Waals surface area contributed by atoms with Crippen LogP contribution < -0.4 is 0 Å². The molecule has 0 saturated carbocycles. The fourth-order valence-corrected chi connectivity index (χ4v) is 1.33. The highest BCUT2D eigenvalue weighted by Gasteiger charge is 2.35. The SMILES string of the molecule is OCC(O)C(CO)C(O)C1CO[CH]O1. The Morgan fingerprint density at radius 3 is 2.43 bits per heavy atom. The molecule has 1 fully saturated rings. The minimum absolute atomic E-state index is 0.176. The number of aliphatic hydroxyl groups excluding tert-OH is 4. The molecule has 14 heavy (non-hydrogen) atoms. The normalized spacial score (nSPS) is 28.7. The van der Waals surface area contributed by atoms with Crippen molar-refractivity contribution in [1.29, 1.82) is 0 Å². The number of hydrogen-bond acceptors (Lipinski definition) is 6. The molecule has 6 nitrogen and oxygen atoms in total. The molecular weight excluding hydrogens is 192 g/mol. The van der Waals surface area contributed by atoms with Gasteiger partial charge in [0.2, 0.25) is 6.79 Å². The van der Waals surface area contributed by atoms with Gasteiger partial charge in [0, 0.05) is 5.92 Å². The summed E-state index contributed by atoms with van der Waals surface area (Å²) in [4.78, 5) is 0. The van der Waals surface area contributed by atoms with Gasteiger partial charge in [0.15, 0.2) is 0 Å². The topological polar surface area (TPSA) is 99.4 Å². The minimum atomic E-state index is -1.17. The zero-order valence-electron chi connectivity index (χ0n) is 7.61. The van der Waals surface area contributed by atoms with Gasteiger partial charge in [-0.2, -0.15) is 0 Å². The molecule has 83 valence electrons. The van der Waals surface area contributed by atoms with Crippen molar-refractivity contribution in [3.63, 3.8) is 0 Å². The predicted octanol–water partition coefficient (Wildman–Crippen LogP) is -2.16. The van der Waals surface area contributed by atoms with Gasteiger partial charge in [0.05, 0.1) is 32.0 Å². The average Bonchev–Trinajstić information content (AvgIpc) is 2.71.